The molecule has 0 bridgehead atoms. The van der Waals surface area contributed by atoms with Crippen LogP contribution in [0.2, 0.25) is 5.02 Å². The van der Waals surface area contributed by atoms with Crippen molar-refractivity contribution in [3.8, 4) is 17.7 Å². The van der Waals surface area contributed by atoms with E-state index in [4.69, 9.17) is 26.1 Å². The molecular formula is C26H21ClN2O3S. The van der Waals surface area contributed by atoms with E-state index in [2.05, 4.69) is 6.07 Å². The minimum absolute atomic E-state index is 0.278. The normalized spacial score (nSPS) is 12.8. The number of para-hydroxylation sites is 1. The Bertz CT molecular complexity index is 1360. The molecule has 0 radical (unpaired) electrons. The van der Waals surface area contributed by atoms with Crippen LogP contribution in [0, 0.1) is 17.2 Å². The summed E-state index contributed by atoms with van der Waals surface area (Å²) in [5.41, 5.74) is -0.727. The molecule has 2 aromatic carbocycles. The van der Waals surface area contributed by atoms with E-state index < -0.39 is 11.4 Å². The summed E-state index contributed by atoms with van der Waals surface area (Å²) in [5, 5.41) is 11.4. The summed E-state index contributed by atoms with van der Waals surface area (Å²) in [6, 6.07) is 22.2. The van der Waals surface area contributed by atoms with E-state index in [1.807, 2.05) is 68.4 Å². The first-order valence-corrected chi connectivity index (χ1v) is 11.5. The van der Waals surface area contributed by atoms with Gasteiger partial charge in [0.1, 0.15) is 17.2 Å². The summed E-state index contributed by atoms with van der Waals surface area (Å²) in [7, 11) is 1.35. The lowest BCUT2D eigenvalue weighted by atomic mass is 9.71. The lowest BCUT2D eigenvalue weighted by molar-refractivity contribution is -0.147. The fourth-order valence-electron chi connectivity index (χ4n) is 3.98. The van der Waals surface area contributed by atoms with E-state index in [0.29, 0.717) is 16.5 Å². The number of esters is 1. The molecule has 1 unspecified atom stereocenters. The van der Waals surface area contributed by atoms with Gasteiger partial charge in [0.05, 0.1) is 18.4 Å². The molecule has 0 spiro atoms. The quantitative estimate of drug-likeness (QED) is 0.288. The van der Waals surface area contributed by atoms with Crippen LogP contribution in [0.15, 0.2) is 66.7 Å². The molecule has 0 amide bonds. The van der Waals surface area contributed by atoms with Crippen molar-refractivity contribution in [3.05, 3.63) is 87.9 Å². The Morgan fingerprint density at radius 1 is 1.12 bits per heavy atom. The van der Waals surface area contributed by atoms with Gasteiger partial charge >= 0.3 is 5.97 Å². The van der Waals surface area contributed by atoms with Gasteiger partial charge in [-0.15, -0.1) is 11.3 Å². The number of nitriles is 1. The first kappa shape index (κ1) is 22.8. The number of ether oxygens (including phenoxy) is 2. The predicted molar refractivity (Wildman–Crippen MR) is 130 cm³/mol. The fraction of sp³-hybridized carbons (Fsp3) is 0.192. The van der Waals surface area contributed by atoms with Crippen LogP contribution in [0.3, 0.4) is 0 Å². The molecule has 0 aliphatic carbocycles. The second kappa shape index (κ2) is 9.22. The zero-order valence-electron chi connectivity index (χ0n) is 18.3. The number of hydrogen-bond acceptors (Lipinski definition) is 6. The van der Waals surface area contributed by atoms with Gasteiger partial charge in [0.25, 0.3) is 0 Å². The third kappa shape index (κ3) is 4.06. The highest BCUT2D eigenvalue weighted by atomic mass is 35.5. The SMILES string of the molecule is COC(=O)C(c1cc2cc(Cl)ccc2s1)(c1nc(Oc2ccccc2)ccc1C#N)C(C)C. The van der Waals surface area contributed by atoms with Gasteiger partial charge in [0.2, 0.25) is 5.88 Å². The molecule has 166 valence electrons. The van der Waals surface area contributed by atoms with Gasteiger partial charge in [-0.25, -0.2) is 4.98 Å². The van der Waals surface area contributed by atoms with Crippen LogP contribution in [0.25, 0.3) is 10.1 Å². The van der Waals surface area contributed by atoms with E-state index in [1.54, 1.807) is 12.1 Å². The van der Waals surface area contributed by atoms with Crippen molar-refractivity contribution in [1.82, 2.24) is 4.98 Å². The number of halogens is 1. The first-order valence-electron chi connectivity index (χ1n) is 10.3. The van der Waals surface area contributed by atoms with Crippen LogP contribution in [-0.4, -0.2) is 18.1 Å². The molecule has 0 N–H and O–H groups in total. The Morgan fingerprint density at radius 2 is 1.88 bits per heavy atom. The largest absolute Gasteiger partial charge is 0.468 e. The van der Waals surface area contributed by atoms with Crippen molar-refractivity contribution in [2.75, 3.05) is 7.11 Å². The van der Waals surface area contributed by atoms with Crippen molar-refractivity contribution >= 4 is 39.0 Å². The summed E-state index contributed by atoms with van der Waals surface area (Å²) in [5.74, 6) is 0.120. The second-order valence-electron chi connectivity index (χ2n) is 7.82. The summed E-state index contributed by atoms with van der Waals surface area (Å²) in [4.78, 5) is 19.0. The van der Waals surface area contributed by atoms with E-state index in [0.717, 1.165) is 15.0 Å². The smallest absolute Gasteiger partial charge is 0.323 e. The molecular weight excluding hydrogens is 456 g/mol. The fourth-order valence-corrected chi connectivity index (χ4v) is 5.53. The van der Waals surface area contributed by atoms with Crippen molar-refractivity contribution in [2.24, 2.45) is 5.92 Å². The highest BCUT2D eigenvalue weighted by Gasteiger charge is 2.50. The predicted octanol–water partition coefficient (Wildman–Crippen LogP) is 6.73. The van der Waals surface area contributed by atoms with Crippen LogP contribution >= 0.6 is 22.9 Å². The Balaban J connectivity index is 1.98. The van der Waals surface area contributed by atoms with Gasteiger partial charge in [-0.3, -0.25) is 4.79 Å². The van der Waals surface area contributed by atoms with Crippen molar-refractivity contribution in [3.63, 3.8) is 0 Å². The number of carbonyl (C=O) groups is 1. The van der Waals surface area contributed by atoms with Gasteiger partial charge in [-0.1, -0.05) is 43.6 Å². The van der Waals surface area contributed by atoms with Crippen molar-refractivity contribution in [2.45, 2.75) is 19.3 Å². The first-order chi connectivity index (χ1) is 15.9. The number of nitrogens with zero attached hydrogens (tertiary/aromatic N) is 2. The number of rotatable bonds is 6. The monoisotopic (exact) mass is 476 g/mol. The molecule has 2 heterocycles. The maximum atomic E-state index is 13.5. The van der Waals surface area contributed by atoms with Crippen LogP contribution in [0.1, 0.15) is 30.0 Å². The standard InChI is InChI=1S/C26H21ClN2O3S/c1-16(2)26(25(30)31-3,22-14-18-13-19(27)10-11-21(18)33-22)24-17(15-28)9-12-23(29-24)32-20-7-5-4-6-8-20/h4-14,16H,1-3H3. The zero-order valence-corrected chi connectivity index (χ0v) is 19.9. The third-order valence-corrected chi connectivity index (χ3v) is 7.06. The number of thiophene rings is 1. The molecule has 2 aromatic heterocycles. The number of benzene rings is 2. The average Bonchev–Trinajstić information content (AvgIpc) is 3.23. The van der Waals surface area contributed by atoms with Crippen LogP contribution in [0.5, 0.6) is 11.6 Å². The van der Waals surface area contributed by atoms with Gasteiger partial charge in [-0.05, 0) is 53.8 Å². The summed E-state index contributed by atoms with van der Waals surface area (Å²) >= 11 is 7.66. The van der Waals surface area contributed by atoms with E-state index in [1.165, 1.54) is 18.4 Å². The molecule has 1 atom stereocenters. The zero-order chi connectivity index (χ0) is 23.6. The highest BCUT2D eigenvalue weighted by molar-refractivity contribution is 7.19. The highest BCUT2D eigenvalue weighted by Crippen LogP contribution is 2.46. The van der Waals surface area contributed by atoms with Crippen LogP contribution in [0.4, 0.5) is 0 Å². The molecule has 0 aliphatic rings. The lowest BCUT2D eigenvalue weighted by Gasteiger charge is -2.34. The van der Waals surface area contributed by atoms with Gasteiger partial charge < -0.3 is 9.47 Å². The van der Waals surface area contributed by atoms with Gasteiger partial charge in [0.15, 0.2) is 0 Å². The molecule has 4 aromatic rings. The average molecular weight is 477 g/mol. The van der Waals surface area contributed by atoms with E-state index in [-0.39, 0.29) is 17.4 Å². The lowest BCUT2D eigenvalue weighted by Crippen LogP contribution is -2.44. The van der Waals surface area contributed by atoms with Gasteiger partial charge in [0, 0.05) is 20.7 Å². The second-order valence-corrected chi connectivity index (χ2v) is 9.34. The maximum absolute atomic E-state index is 13.5. The summed E-state index contributed by atoms with van der Waals surface area (Å²) in [6.45, 7) is 3.84. The molecule has 7 heteroatoms. The van der Waals surface area contributed by atoms with E-state index in [9.17, 15) is 10.1 Å². The number of methoxy groups -OCH3 is 1. The minimum Gasteiger partial charge on any atom is -0.468 e. The van der Waals surface area contributed by atoms with Crippen molar-refractivity contribution in [1.29, 1.82) is 5.26 Å². The Labute approximate surface area is 201 Å². The third-order valence-electron chi connectivity index (χ3n) is 5.57. The topological polar surface area (TPSA) is 72.2 Å². The number of carbonyl (C=O) groups excluding carboxylic acids is 1. The maximum Gasteiger partial charge on any atom is 0.323 e. The van der Waals surface area contributed by atoms with Crippen molar-refractivity contribution < 1.29 is 14.3 Å². The number of hydrogen-bond donors (Lipinski definition) is 0. The molecule has 5 nitrogen and oxygen atoms in total. The minimum atomic E-state index is -1.31. The van der Waals surface area contributed by atoms with Crippen LogP contribution in [-0.2, 0) is 14.9 Å². The number of fused-ring (bicyclic) bond motifs is 1. The number of aromatic nitrogens is 1. The molecule has 0 fully saturated rings. The Hall–Kier alpha value is -3.40. The summed E-state index contributed by atoms with van der Waals surface area (Å²) in [6.07, 6.45) is 0. The van der Waals surface area contributed by atoms with Gasteiger partial charge in [-0.2, -0.15) is 5.26 Å². The Morgan fingerprint density at radius 3 is 2.55 bits per heavy atom. The summed E-state index contributed by atoms with van der Waals surface area (Å²) < 4.78 is 12.2. The van der Waals surface area contributed by atoms with E-state index >= 15 is 0 Å². The molecule has 0 aliphatic heterocycles. The molecule has 0 saturated heterocycles. The molecule has 4 rings (SSSR count). The Kier molecular flexibility index (Phi) is 6.37. The number of pyridine rings is 1. The van der Waals surface area contributed by atoms with Crippen LogP contribution < -0.4 is 4.74 Å². The molecule has 0 saturated carbocycles. The molecule has 33 heavy (non-hydrogen) atoms.